The number of nitrogens with zero attached hydrogens (tertiary/aromatic N) is 3. The van der Waals surface area contributed by atoms with Gasteiger partial charge in [0.1, 0.15) is 0 Å². The fourth-order valence-electron chi connectivity index (χ4n) is 2.19. The molecule has 1 heterocycles. The Balaban J connectivity index is 1.89. The number of hydrogen-bond donors (Lipinski definition) is 1. The number of thioether (sulfide) groups is 1. The monoisotopic (exact) mass is 448 g/mol. The highest BCUT2D eigenvalue weighted by Crippen LogP contribution is 2.26. The van der Waals surface area contributed by atoms with Crippen molar-refractivity contribution in [3.63, 3.8) is 0 Å². The lowest BCUT2D eigenvalue weighted by atomic mass is 10.2. The first-order valence-electron chi connectivity index (χ1n) is 8.29. The Morgan fingerprint density at radius 2 is 2.15 bits per heavy atom. The van der Waals surface area contributed by atoms with E-state index < -0.39 is 10.0 Å². The summed E-state index contributed by atoms with van der Waals surface area (Å²) in [5, 5.41) is 11.6. The largest absolute Gasteiger partial charge is 0.301 e. The number of nitrogens with one attached hydrogen (secondary N) is 1. The molecule has 0 saturated heterocycles. The van der Waals surface area contributed by atoms with Gasteiger partial charge in [-0.2, -0.15) is 0 Å². The summed E-state index contributed by atoms with van der Waals surface area (Å²) in [6.07, 6.45) is 2.70. The fraction of sp³-hybridized carbons (Fsp3) is 0.438. The molecule has 0 fully saturated rings. The Hall–Kier alpha value is -1.36. The normalized spacial score (nSPS) is 11.4. The molecule has 1 amide bonds. The quantitative estimate of drug-likeness (QED) is 0.438. The van der Waals surface area contributed by atoms with Gasteiger partial charge in [-0.1, -0.05) is 47.7 Å². The lowest BCUT2D eigenvalue weighted by molar-refractivity contribution is -0.116. The highest BCUT2D eigenvalue weighted by atomic mass is 35.5. The van der Waals surface area contributed by atoms with Gasteiger partial charge in [0.2, 0.25) is 21.1 Å². The van der Waals surface area contributed by atoms with Gasteiger partial charge in [0.25, 0.3) is 0 Å². The van der Waals surface area contributed by atoms with Crippen LogP contribution >= 0.6 is 34.7 Å². The predicted octanol–water partition coefficient (Wildman–Crippen LogP) is 3.88. The number of carbonyl (C=O) groups is 1. The van der Waals surface area contributed by atoms with Crippen molar-refractivity contribution < 1.29 is 13.2 Å². The highest BCUT2D eigenvalue weighted by Gasteiger charge is 2.18. The fourth-order valence-corrected chi connectivity index (χ4v) is 5.03. The molecule has 1 aromatic carbocycles. The summed E-state index contributed by atoms with van der Waals surface area (Å²) < 4.78 is 26.2. The van der Waals surface area contributed by atoms with E-state index in [2.05, 4.69) is 22.4 Å². The summed E-state index contributed by atoms with van der Waals surface area (Å²) in [5.74, 6) is 0.727. The summed E-state index contributed by atoms with van der Waals surface area (Å²) in [5.41, 5.74) is 0.479. The molecule has 0 spiro atoms. The molecule has 0 atom stereocenters. The van der Waals surface area contributed by atoms with Crippen molar-refractivity contribution >= 4 is 61.4 Å². The van der Waals surface area contributed by atoms with E-state index in [1.54, 1.807) is 36.0 Å². The molecule has 7 nitrogen and oxygen atoms in total. The first-order chi connectivity index (χ1) is 12.8. The lowest BCUT2D eigenvalue weighted by Crippen LogP contribution is -2.31. The van der Waals surface area contributed by atoms with Gasteiger partial charge in [0.15, 0.2) is 4.34 Å². The second-order valence-electron chi connectivity index (χ2n) is 5.69. The van der Waals surface area contributed by atoms with Crippen molar-refractivity contribution in [1.82, 2.24) is 10.2 Å². The molecule has 0 bridgehead atoms. The molecule has 0 aliphatic carbocycles. The maximum absolute atomic E-state index is 12.1. The molecule has 148 valence electrons. The third kappa shape index (κ3) is 7.28. The van der Waals surface area contributed by atoms with Gasteiger partial charge in [-0.25, -0.2) is 8.42 Å². The molecule has 27 heavy (non-hydrogen) atoms. The summed E-state index contributed by atoms with van der Waals surface area (Å²) in [7, 11) is -3.48. The number of benzene rings is 1. The van der Waals surface area contributed by atoms with Gasteiger partial charge in [0.05, 0.1) is 11.9 Å². The zero-order chi connectivity index (χ0) is 19.9. The molecule has 0 saturated carbocycles. The minimum Gasteiger partial charge on any atom is -0.301 e. The molecule has 0 radical (unpaired) electrons. The number of rotatable bonds is 10. The van der Waals surface area contributed by atoms with Crippen molar-refractivity contribution in [3.05, 3.63) is 29.3 Å². The second kappa shape index (κ2) is 10.3. The molecular formula is C16H21ClN4O3S3. The van der Waals surface area contributed by atoms with Crippen LogP contribution in [-0.2, 0) is 14.8 Å². The van der Waals surface area contributed by atoms with Crippen LogP contribution in [0, 0.1) is 0 Å². The van der Waals surface area contributed by atoms with E-state index in [4.69, 9.17) is 11.6 Å². The van der Waals surface area contributed by atoms with Gasteiger partial charge < -0.3 is 5.32 Å². The zero-order valence-electron chi connectivity index (χ0n) is 15.0. The van der Waals surface area contributed by atoms with Crippen LogP contribution in [0.4, 0.5) is 10.8 Å². The lowest BCUT2D eigenvalue weighted by Gasteiger charge is -2.22. The van der Waals surface area contributed by atoms with Crippen LogP contribution < -0.4 is 9.62 Å². The number of hydrogen-bond acceptors (Lipinski definition) is 7. The maximum Gasteiger partial charge on any atom is 0.232 e. The number of amides is 1. The number of anilines is 2. The summed E-state index contributed by atoms with van der Waals surface area (Å²) >= 11 is 8.88. The van der Waals surface area contributed by atoms with Crippen LogP contribution in [0.3, 0.4) is 0 Å². The van der Waals surface area contributed by atoms with E-state index >= 15 is 0 Å². The Morgan fingerprint density at radius 3 is 2.81 bits per heavy atom. The minimum atomic E-state index is -3.48. The van der Waals surface area contributed by atoms with E-state index in [0.717, 1.165) is 22.8 Å². The van der Waals surface area contributed by atoms with E-state index in [-0.39, 0.29) is 18.9 Å². The van der Waals surface area contributed by atoms with Crippen LogP contribution in [0.1, 0.15) is 26.2 Å². The van der Waals surface area contributed by atoms with Crippen LogP contribution in [0.15, 0.2) is 28.6 Å². The molecule has 0 aliphatic rings. The van der Waals surface area contributed by atoms with Gasteiger partial charge in [0, 0.05) is 23.7 Å². The van der Waals surface area contributed by atoms with Crippen LogP contribution in [-0.4, -0.2) is 43.1 Å². The van der Waals surface area contributed by atoms with Crippen LogP contribution in [0.25, 0.3) is 0 Å². The minimum absolute atomic E-state index is 0.170. The molecule has 1 N–H and O–H groups in total. The Labute approximate surface area is 172 Å². The Kier molecular flexibility index (Phi) is 8.33. The molecule has 1 aromatic heterocycles. The number of sulfonamides is 1. The van der Waals surface area contributed by atoms with Gasteiger partial charge >= 0.3 is 0 Å². The topological polar surface area (TPSA) is 92.3 Å². The van der Waals surface area contributed by atoms with E-state index in [1.807, 2.05) is 0 Å². The predicted molar refractivity (Wildman–Crippen MR) is 112 cm³/mol. The standard InChI is InChI=1S/C16H21ClN4O3S3/c1-3-10-25-16-20-19-15(26-16)18-14(22)8-5-9-21(27(2,23)24)13-7-4-6-12(17)11-13/h4,6-7,11H,3,5,8-10H2,1-2H3,(H,18,19,22). The molecule has 2 rings (SSSR count). The third-order valence-electron chi connectivity index (χ3n) is 3.34. The highest BCUT2D eigenvalue weighted by molar-refractivity contribution is 8.01. The first-order valence-corrected chi connectivity index (χ1v) is 12.3. The number of carbonyl (C=O) groups excluding carboxylic acids is 1. The molecule has 2 aromatic rings. The van der Waals surface area contributed by atoms with Crippen molar-refractivity contribution in [2.45, 2.75) is 30.5 Å². The Morgan fingerprint density at radius 1 is 1.37 bits per heavy atom. The van der Waals surface area contributed by atoms with Crippen molar-refractivity contribution in [3.8, 4) is 0 Å². The molecular weight excluding hydrogens is 428 g/mol. The average Bonchev–Trinajstić information content (AvgIpc) is 3.03. The van der Waals surface area contributed by atoms with Gasteiger partial charge in [-0.15, -0.1) is 10.2 Å². The number of aromatic nitrogens is 2. The molecule has 11 heteroatoms. The van der Waals surface area contributed by atoms with E-state index in [1.165, 1.54) is 15.6 Å². The molecule has 0 aliphatic heterocycles. The average molecular weight is 449 g/mol. The SMILES string of the molecule is CCCSc1nnc(NC(=O)CCCN(c2cccc(Cl)c2)S(C)(=O)=O)s1. The van der Waals surface area contributed by atoms with Crippen molar-refractivity contribution in [2.75, 3.05) is 28.2 Å². The Bertz CT molecular complexity index is 873. The first kappa shape index (κ1) is 21.9. The van der Waals surface area contributed by atoms with Crippen LogP contribution in [0.2, 0.25) is 5.02 Å². The van der Waals surface area contributed by atoms with Gasteiger partial charge in [-0.05, 0) is 31.0 Å². The summed E-state index contributed by atoms with van der Waals surface area (Å²) in [6, 6.07) is 6.61. The maximum atomic E-state index is 12.1. The zero-order valence-corrected chi connectivity index (χ0v) is 18.2. The second-order valence-corrected chi connectivity index (χ2v) is 10.4. The smallest absolute Gasteiger partial charge is 0.232 e. The van der Waals surface area contributed by atoms with Crippen molar-refractivity contribution in [1.29, 1.82) is 0 Å². The third-order valence-corrected chi connectivity index (χ3v) is 6.95. The number of halogens is 1. The summed E-state index contributed by atoms with van der Waals surface area (Å²) in [6.45, 7) is 2.26. The van der Waals surface area contributed by atoms with E-state index in [0.29, 0.717) is 22.3 Å². The molecule has 0 unspecified atom stereocenters. The van der Waals surface area contributed by atoms with Gasteiger partial charge in [-0.3, -0.25) is 9.10 Å². The van der Waals surface area contributed by atoms with E-state index in [9.17, 15) is 13.2 Å². The summed E-state index contributed by atoms with van der Waals surface area (Å²) in [4.78, 5) is 12.1. The van der Waals surface area contributed by atoms with Crippen molar-refractivity contribution in [2.24, 2.45) is 0 Å². The van der Waals surface area contributed by atoms with Crippen LogP contribution in [0.5, 0.6) is 0 Å².